The highest BCUT2D eigenvalue weighted by Gasteiger charge is 2.06. The Balaban J connectivity index is 2.17. The highest BCUT2D eigenvalue weighted by molar-refractivity contribution is 5.81. The number of nitrogens with zero attached hydrogens (tertiary/aromatic N) is 2. The fraction of sp³-hybridized carbons (Fsp3) is 0.462. The number of ether oxygens (including phenoxy) is 1. The molecule has 0 N–H and O–H groups in total. The van der Waals surface area contributed by atoms with Crippen LogP contribution in [0.15, 0.2) is 24.5 Å². The molecule has 0 amide bonds. The summed E-state index contributed by atoms with van der Waals surface area (Å²) in [6, 6.07) is 6.04. The third kappa shape index (κ3) is 2.18. The van der Waals surface area contributed by atoms with E-state index < -0.39 is 0 Å². The molecule has 3 heteroatoms. The molecule has 0 aliphatic heterocycles. The first-order valence-corrected chi connectivity index (χ1v) is 5.71. The van der Waals surface area contributed by atoms with E-state index in [9.17, 15) is 0 Å². The molecule has 2 rings (SSSR count). The molecule has 1 heterocycles. The molecule has 86 valence electrons. The Hall–Kier alpha value is -1.51. The van der Waals surface area contributed by atoms with Gasteiger partial charge in [0.1, 0.15) is 11.3 Å². The van der Waals surface area contributed by atoms with E-state index >= 15 is 0 Å². The average Bonchev–Trinajstić information content (AvgIpc) is 2.61. The van der Waals surface area contributed by atoms with Crippen molar-refractivity contribution in [3.8, 4) is 5.75 Å². The number of para-hydroxylation sites is 1. The number of aromatic nitrogens is 2. The first kappa shape index (κ1) is 11.0. The Labute approximate surface area is 96.1 Å². The lowest BCUT2D eigenvalue weighted by atomic mass is 10.1. The van der Waals surface area contributed by atoms with Crippen molar-refractivity contribution >= 4 is 11.0 Å². The van der Waals surface area contributed by atoms with Crippen LogP contribution < -0.4 is 4.74 Å². The van der Waals surface area contributed by atoms with Gasteiger partial charge >= 0.3 is 0 Å². The van der Waals surface area contributed by atoms with Gasteiger partial charge in [0.25, 0.3) is 0 Å². The zero-order chi connectivity index (χ0) is 11.5. The van der Waals surface area contributed by atoms with Gasteiger partial charge in [-0.25, -0.2) is 4.98 Å². The van der Waals surface area contributed by atoms with Gasteiger partial charge in [-0.15, -0.1) is 0 Å². The van der Waals surface area contributed by atoms with Crippen LogP contribution in [0.2, 0.25) is 0 Å². The summed E-state index contributed by atoms with van der Waals surface area (Å²) in [4.78, 5) is 4.35. The highest BCUT2D eigenvalue weighted by Crippen LogP contribution is 2.23. The zero-order valence-corrected chi connectivity index (χ0v) is 10.1. The molecule has 16 heavy (non-hydrogen) atoms. The van der Waals surface area contributed by atoms with Gasteiger partial charge in [-0.05, 0) is 24.5 Å². The molecule has 0 spiro atoms. The summed E-state index contributed by atoms with van der Waals surface area (Å²) in [6.07, 6.45) is 2.89. The zero-order valence-electron chi connectivity index (χ0n) is 10.1. The maximum absolute atomic E-state index is 5.77. The number of benzene rings is 1. The quantitative estimate of drug-likeness (QED) is 0.788. The standard InChI is InChI=1S/C13H18N2O/c1-10(2)7-8-16-12-6-4-5-11-13(12)14-9-15(11)3/h4-6,9-10H,7-8H2,1-3H3. The van der Waals surface area contributed by atoms with Gasteiger partial charge in [0.05, 0.1) is 18.5 Å². The van der Waals surface area contributed by atoms with E-state index in [1.807, 2.05) is 30.1 Å². The van der Waals surface area contributed by atoms with Crippen LogP contribution >= 0.6 is 0 Å². The minimum absolute atomic E-state index is 0.669. The van der Waals surface area contributed by atoms with Crippen molar-refractivity contribution in [2.45, 2.75) is 20.3 Å². The molecule has 1 aromatic carbocycles. The lowest BCUT2D eigenvalue weighted by Gasteiger charge is -2.08. The summed E-state index contributed by atoms with van der Waals surface area (Å²) in [5, 5.41) is 0. The molecule has 0 saturated heterocycles. The predicted octanol–water partition coefficient (Wildman–Crippen LogP) is 3.00. The fourth-order valence-electron chi connectivity index (χ4n) is 1.65. The molecule has 3 nitrogen and oxygen atoms in total. The van der Waals surface area contributed by atoms with Gasteiger partial charge in [-0.1, -0.05) is 19.9 Å². The molecule has 0 saturated carbocycles. The number of fused-ring (bicyclic) bond motifs is 1. The third-order valence-corrected chi connectivity index (χ3v) is 2.67. The highest BCUT2D eigenvalue weighted by atomic mass is 16.5. The van der Waals surface area contributed by atoms with E-state index in [1.165, 1.54) is 0 Å². The van der Waals surface area contributed by atoms with Crippen LogP contribution in [-0.4, -0.2) is 16.2 Å². The van der Waals surface area contributed by atoms with Gasteiger partial charge in [-0.2, -0.15) is 0 Å². The summed E-state index contributed by atoms with van der Waals surface area (Å²) in [7, 11) is 1.99. The molecule has 0 radical (unpaired) electrons. The SMILES string of the molecule is CC(C)CCOc1cccc2c1ncn2C. The van der Waals surface area contributed by atoms with Gasteiger partial charge < -0.3 is 9.30 Å². The van der Waals surface area contributed by atoms with Gasteiger partial charge in [-0.3, -0.25) is 0 Å². The minimum atomic E-state index is 0.669. The van der Waals surface area contributed by atoms with Crippen molar-refractivity contribution in [1.82, 2.24) is 9.55 Å². The molecule has 0 fully saturated rings. The summed E-state index contributed by atoms with van der Waals surface area (Å²) in [5.74, 6) is 1.56. The van der Waals surface area contributed by atoms with Crippen LogP contribution in [0.3, 0.4) is 0 Å². The van der Waals surface area contributed by atoms with E-state index in [4.69, 9.17) is 4.74 Å². The van der Waals surface area contributed by atoms with Crippen molar-refractivity contribution in [3.05, 3.63) is 24.5 Å². The van der Waals surface area contributed by atoms with Crippen LogP contribution in [-0.2, 0) is 7.05 Å². The summed E-state index contributed by atoms with van der Waals surface area (Å²) in [5.41, 5.74) is 2.07. The molecule has 0 unspecified atom stereocenters. The number of rotatable bonds is 4. The van der Waals surface area contributed by atoms with E-state index in [-0.39, 0.29) is 0 Å². The van der Waals surface area contributed by atoms with Crippen molar-refractivity contribution < 1.29 is 4.74 Å². The average molecular weight is 218 g/mol. The van der Waals surface area contributed by atoms with Crippen molar-refractivity contribution in [3.63, 3.8) is 0 Å². The molecule has 0 atom stereocenters. The van der Waals surface area contributed by atoms with E-state index in [0.717, 1.165) is 29.8 Å². The second-order valence-corrected chi connectivity index (χ2v) is 4.51. The normalized spacial score (nSPS) is 11.2. The third-order valence-electron chi connectivity index (χ3n) is 2.67. The molecule has 2 aromatic rings. The predicted molar refractivity (Wildman–Crippen MR) is 65.7 cm³/mol. The number of hydrogen-bond acceptors (Lipinski definition) is 2. The topological polar surface area (TPSA) is 27.1 Å². The summed E-state index contributed by atoms with van der Waals surface area (Å²) < 4.78 is 7.77. The Kier molecular flexibility index (Phi) is 3.13. The number of hydrogen-bond donors (Lipinski definition) is 0. The molecule has 1 aromatic heterocycles. The Bertz CT molecular complexity index is 474. The van der Waals surface area contributed by atoms with Crippen molar-refractivity contribution in [2.75, 3.05) is 6.61 Å². The fourth-order valence-corrected chi connectivity index (χ4v) is 1.65. The van der Waals surface area contributed by atoms with Crippen molar-refractivity contribution in [1.29, 1.82) is 0 Å². The van der Waals surface area contributed by atoms with Crippen LogP contribution in [0.1, 0.15) is 20.3 Å². The first-order valence-electron chi connectivity index (χ1n) is 5.71. The van der Waals surface area contributed by atoms with Crippen molar-refractivity contribution in [2.24, 2.45) is 13.0 Å². The number of aryl methyl sites for hydroxylation is 1. The Morgan fingerprint density at radius 1 is 1.38 bits per heavy atom. The summed E-state index contributed by atoms with van der Waals surface area (Å²) >= 11 is 0. The van der Waals surface area contributed by atoms with Crippen LogP contribution in [0, 0.1) is 5.92 Å². The van der Waals surface area contributed by atoms with Crippen LogP contribution in [0.5, 0.6) is 5.75 Å². The van der Waals surface area contributed by atoms with Gasteiger partial charge in [0.15, 0.2) is 0 Å². The molecule has 0 aliphatic rings. The molecule has 0 aliphatic carbocycles. The lowest BCUT2D eigenvalue weighted by Crippen LogP contribution is -2.01. The smallest absolute Gasteiger partial charge is 0.147 e. The Morgan fingerprint density at radius 3 is 2.94 bits per heavy atom. The van der Waals surface area contributed by atoms with Gasteiger partial charge in [0, 0.05) is 7.05 Å². The van der Waals surface area contributed by atoms with Crippen LogP contribution in [0.4, 0.5) is 0 Å². The molecule has 0 bridgehead atoms. The monoisotopic (exact) mass is 218 g/mol. The first-order chi connectivity index (χ1) is 7.68. The summed E-state index contributed by atoms with van der Waals surface area (Å²) in [6.45, 7) is 5.16. The molecular formula is C13H18N2O. The van der Waals surface area contributed by atoms with E-state index in [2.05, 4.69) is 24.9 Å². The van der Waals surface area contributed by atoms with E-state index in [0.29, 0.717) is 5.92 Å². The second kappa shape index (κ2) is 4.56. The Morgan fingerprint density at radius 2 is 2.19 bits per heavy atom. The lowest BCUT2D eigenvalue weighted by molar-refractivity contribution is 0.292. The van der Waals surface area contributed by atoms with E-state index in [1.54, 1.807) is 0 Å². The maximum Gasteiger partial charge on any atom is 0.147 e. The molecular weight excluding hydrogens is 200 g/mol. The maximum atomic E-state index is 5.77. The minimum Gasteiger partial charge on any atom is -0.491 e. The van der Waals surface area contributed by atoms with Crippen LogP contribution in [0.25, 0.3) is 11.0 Å². The largest absolute Gasteiger partial charge is 0.491 e. The second-order valence-electron chi connectivity index (χ2n) is 4.51. The number of imidazole rings is 1. The van der Waals surface area contributed by atoms with Gasteiger partial charge in [0.2, 0.25) is 0 Å².